The number of aliphatic hydroxyl groups excluding tert-OH is 1. The third-order valence-electron chi connectivity index (χ3n) is 2.86. The van der Waals surface area contributed by atoms with Crippen LogP contribution in [-0.4, -0.2) is 23.7 Å². The first kappa shape index (κ1) is 17.0. The van der Waals surface area contributed by atoms with E-state index < -0.39 is 23.7 Å². The van der Waals surface area contributed by atoms with Crippen molar-refractivity contribution in [1.29, 1.82) is 0 Å². The lowest BCUT2D eigenvalue weighted by Gasteiger charge is -2.20. The smallest absolute Gasteiger partial charge is 0.394 e. The third kappa shape index (κ3) is 4.21. The summed E-state index contributed by atoms with van der Waals surface area (Å²) in [6.07, 6.45) is -4.51. The number of carbonyl (C=O) groups is 1. The number of aliphatic hydroxyl groups is 1. The molecule has 0 aromatic heterocycles. The van der Waals surface area contributed by atoms with Crippen molar-refractivity contribution in [2.75, 3.05) is 6.61 Å². The molecule has 1 atom stereocenters. The molecule has 20 heavy (non-hydrogen) atoms. The normalized spacial score (nSPS) is 13.4. The molecule has 1 rings (SSSR count). The average molecular weight is 354 g/mol. The van der Waals surface area contributed by atoms with Gasteiger partial charge in [-0.15, -0.1) is 0 Å². The van der Waals surface area contributed by atoms with Crippen LogP contribution in [0.3, 0.4) is 0 Å². The number of nitrogens with one attached hydrogen (secondary N) is 1. The van der Waals surface area contributed by atoms with Crippen LogP contribution in [0, 0.1) is 5.92 Å². The van der Waals surface area contributed by atoms with Crippen molar-refractivity contribution in [3.8, 4) is 0 Å². The summed E-state index contributed by atoms with van der Waals surface area (Å²) in [5.74, 6) is -0.691. The Bertz CT molecular complexity index is 489. The summed E-state index contributed by atoms with van der Waals surface area (Å²) < 4.78 is 38.2. The standard InChI is InChI=1S/C13H15BrF3NO2/c1-7(2)11(6-19)18-12(20)9-5-8(13(15,16)17)3-4-10(9)14/h3-5,7,11,19H,6H2,1-2H3,(H,18,20)/t11-/m1/s1. The highest BCUT2D eigenvalue weighted by atomic mass is 79.9. The van der Waals surface area contributed by atoms with Crippen molar-refractivity contribution < 1.29 is 23.1 Å². The van der Waals surface area contributed by atoms with E-state index in [1.165, 1.54) is 6.07 Å². The lowest BCUT2D eigenvalue weighted by atomic mass is 10.0. The molecule has 112 valence electrons. The summed E-state index contributed by atoms with van der Waals surface area (Å²) in [5, 5.41) is 11.7. The summed E-state index contributed by atoms with van der Waals surface area (Å²) in [5.41, 5.74) is -1.00. The molecule has 1 aromatic carbocycles. The maximum Gasteiger partial charge on any atom is 0.416 e. The van der Waals surface area contributed by atoms with Gasteiger partial charge in [-0.3, -0.25) is 4.79 Å². The fourth-order valence-corrected chi connectivity index (χ4v) is 1.97. The molecule has 1 aromatic rings. The Morgan fingerprint density at radius 3 is 2.45 bits per heavy atom. The van der Waals surface area contributed by atoms with Crippen LogP contribution < -0.4 is 5.32 Å². The van der Waals surface area contributed by atoms with Crippen LogP contribution in [0.5, 0.6) is 0 Å². The molecule has 0 radical (unpaired) electrons. The van der Waals surface area contributed by atoms with E-state index in [1.807, 2.05) is 0 Å². The van der Waals surface area contributed by atoms with Gasteiger partial charge in [0.25, 0.3) is 5.91 Å². The van der Waals surface area contributed by atoms with Gasteiger partial charge in [-0.2, -0.15) is 13.2 Å². The minimum atomic E-state index is -4.51. The van der Waals surface area contributed by atoms with E-state index in [2.05, 4.69) is 21.2 Å². The van der Waals surface area contributed by atoms with Gasteiger partial charge in [0, 0.05) is 4.47 Å². The topological polar surface area (TPSA) is 49.3 Å². The van der Waals surface area contributed by atoms with Crippen LogP contribution in [0.15, 0.2) is 22.7 Å². The number of carbonyl (C=O) groups excluding carboxylic acids is 1. The number of hydrogen-bond donors (Lipinski definition) is 2. The fourth-order valence-electron chi connectivity index (χ4n) is 1.54. The molecule has 7 heteroatoms. The van der Waals surface area contributed by atoms with Crippen molar-refractivity contribution in [3.63, 3.8) is 0 Å². The molecule has 2 N–H and O–H groups in total. The van der Waals surface area contributed by atoms with E-state index in [9.17, 15) is 18.0 Å². The summed E-state index contributed by atoms with van der Waals surface area (Å²) in [6.45, 7) is 3.31. The molecular formula is C13H15BrF3NO2. The van der Waals surface area contributed by atoms with Gasteiger partial charge >= 0.3 is 6.18 Å². The number of rotatable bonds is 4. The Kier molecular flexibility index (Phi) is 5.59. The van der Waals surface area contributed by atoms with Crippen LogP contribution >= 0.6 is 15.9 Å². The minimum Gasteiger partial charge on any atom is -0.394 e. The second-order valence-corrected chi connectivity index (χ2v) is 5.55. The Balaban J connectivity index is 3.03. The van der Waals surface area contributed by atoms with Crippen LogP contribution in [0.4, 0.5) is 13.2 Å². The predicted molar refractivity (Wildman–Crippen MR) is 72.3 cm³/mol. The molecule has 0 spiro atoms. The van der Waals surface area contributed by atoms with Crippen molar-refractivity contribution in [2.24, 2.45) is 5.92 Å². The first-order chi connectivity index (χ1) is 9.16. The average Bonchev–Trinajstić information content (AvgIpc) is 2.34. The second-order valence-electron chi connectivity index (χ2n) is 4.70. The zero-order valence-corrected chi connectivity index (χ0v) is 12.5. The zero-order valence-electron chi connectivity index (χ0n) is 11.0. The summed E-state index contributed by atoms with van der Waals surface area (Å²) in [7, 11) is 0. The van der Waals surface area contributed by atoms with Gasteiger partial charge in [0.05, 0.1) is 23.8 Å². The van der Waals surface area contributed by atoms with Gasteiger partial charge in [0.2, 0.25) is 0 Å². The lowest BCUT2D eigenvalue weighted by Crippen LogP contribution is -2.41. The highest BCUT2D eigenvalue weighted by Crippen LogP contribution is 2.31. The number of halogens is 4. The lowest BCUT2D eigenvalue weighted by molar-refractivity contribution is -0.137. The van der Waals surface area contributed by atoms with Gasteiger partial charge in [0.1, 0.15) is 0 Å². The van der Waals surface area contributed by atoms with Gasteiger partial charge in [-0.1, -0.05) is 13.8 Å². The molecular weight excluding hydrogens is 339 g/mol. The van der Waals surface area contributed by atoms with Crippen molar-refractivity contribution in [2.45, 2.75) is 26.1 Å². The van der Waals surface area contributed by atoms with E-state index in [0.29, 0.717) is 0 Å². The molecule has 0 unspecified atom stereocenters. The van der Waals surface area contributed by atoms with E-state index >= 15 is 0 Å². The van der Waals surface area contributed by atoms with Gasteiger partial charge < -0.3 is 10.4 Å². The van der Waals surface area contributed by atoms with Crippen molar-refractivity contribution in [3.05, 3.63) is 33.8 Å². The van der Waals surface area contributed by atoms with Crippen LogP contribution in [0.2, 0.25) is 0 Å². The number of hydrogen-bond acceptors (Lipinski definition) is 2. The molecule has 0 saturated heterocycles. The number of benzene rings is 1. The largest absolute Gasteiger partial charge is 0.416 e. The van der Waals surface area contributed by atoms with Gasteiger partial charge in [0.15, 0.2) is 0 Å². The minimum absolute atomic E-state index is 0.0338. The molecule has 1 amide bonds. The highest BCUT2D eigenvalue weighted by Gasteiger charge is 2.31. The first-order valence-corrected chi connectivity index (χ1v) is 6.74. The Morgan fingerprint density at radius 1 is 1.40 bits per heavy atom. The Hall–Kier alpha value is -1.08. The summed E-state index contributed by atoms with van der Waals surface area (Å²) in [6, 6.07) is 2.35. The highest BCUT2D eigenvalue weighted by molar-refractivity contribution is 9.10. The molecule has 3 nitrogen and oxygen atoms in total. The molecule has 0 heterocycles. The van der Waals surface area contributed by atoms with Crippen molar-refractivity contribution >= 4 is 21.8 Å². The van der Waals surface area contributed by atoms with Gasteiger partial charge in [-0.05, 0) is 40.0 Å². The zero-order chi connectivity index (χ0) is 15.5. The molecule has 0 aliphatic heterocycles. The quantitative estimate of drug-likeness (QED) is 0.873. The molecule has 0 bridgehead atoms. The summed E-state index contributed by atoms with van der Waals surface area (Å²) in [4.78, 5) is 12.0. The predicted octanol–water partition coefficient (Wildman–Crippen LogP) is 3.21. The fraction of sp³-hybridized carbons (Fsp3) is 0.462. The molecule has 0 fully saturated rings. The molecule has 0 aliphatic rings. The first-order valence-electron chi connectivity index (χ1n) is 5.95. The van der Waals surface area contributed by atoms with Crippen LogP contribution in [0.25, 0.3) is 0 Å². The maximum absolute atomic E-state index is 12.6. The molecule has 0 aliphatic carbocycles. The van der Waals surface area contributed by atoms with Crippen molar-refractivity contribution in [1.82, 2.24) is 5.32 Å². The van der Waals surface area contributed by atoms with E-state index in [1.54, 1.807) is 13.8 Å². The van der Waals surface area contributed by atoms with Gasteiger partial charge in [-0.25, -0.2) is 0 Å². The maximum atomic E-state index is 12.6. The number of alkyl halides is 3. The Labute approximate surface area is 123 Å². The van der Waals surface area contributed by atoms with E-state index in [-0.39, 0.29) is 22.6 Å². The number of amides is 1. The van der Waals surface area contributed by atoms with Crippen LogP contribution in [-0.2, 0) is 6.18 Å². The second kappa shape index (κ2) is 6.58. The van der Waals surface area contributed by atoms with E-state index in [0.717, 1.165) is 12.1 Å². The summed E-state index contributed by atoms with van der Waals surface area (Å²) >= 11 is 3.06. The SMILES string of the molecule is CC(C)[C@@H](CO)NC(=O)c1cc(C(F)(F)F)ccc1Br. The Morgan fingerprint density at radius 2 is 2.00 bits per heavy atom. The molecule has 0 saturated carbocycles. The van der Waals surface area contributed by atoms with E-state index in [4.69, 9.17) is 5.11 Å². The van der Waals surface area contributed by atoms with Crippen LogP contribution in [0.1, 0.15) is 29.8 Å². The monoisotopic (exact) mass is 353 g/mol. The third-order valence-corrected chi connectivity index (χ3v) is 3.55.